The molecule has 0 saturated carbocycles. The van der Waals surface area contributed by atoms with E-state index in [1.54, 1.807) is 0 Å². The fourth-order valence-electron chi connectivity index (χ4n) is 2.49. The van der Waals surface area contributed by atoms with Crippen LogP contribution in [0.5, 0.6) is 0 Å². The molecule has 0 spiro atoms. The number of nitrogens with one attached hydrogen (secondary N) is 1. The summed E-state index contributed by atoms with van der Waals surface area (Å²) in [5.41, 5.74) is 5.46. The van der Waals surface area contributed by atoms with Gasteiger partial charge in [0, 0.05) is 17.9 Å². The van der Waals surface area contributed by atoms with Crippen molar-refractivity contribution in [1.82, 2.24) is 10.3 Å². The predicted molar refractivity (Wildman–Crippen MR) is 72.2 cm³/mol. The highest BCUT2D eigenvalue weighted by molar-refractivity contribution is 5.31. The second kappa shape index (κ2) is 6.15. The maximum absolute atomic E-state index is 4.77. The van der Waals surface area contributed by atoms with Gasteiger partial charge in [-0.15, -0.1) is 0 Å². The monoisotopic (exact) mass is 232 g/mol. The molecule has 1 N–H and O–H groups in total. The molecule has 2 rings (SSSR count). The van der Waals surface area contributed by atoms with Gasteiger partial charge in [-0.2, -0.15) is 0 Å². The van der Waals surface area contributed by atoms with Crippen LogP contribution in [0.1, 0.15) is 55.1 Å². The number of rotatable bonds is 5. The van der Waals surface area contributed by atoms with Crippen molar-refractivity contribution >= 4 is 0 Å². The second-order valence-electron chi connectivity index (χ2n) is 5.08. The Morgan fingerprint density at radius 3 is 2.94 bits per heavy atom. The Bertz CT molecular complexity index is 371. The molecule has 0 amide bonds. The SMILES string of the molecule is CCCCNCc1cc2c(nc1C)CCCC2. The molecule has 0 bridgehead atoms. The summed E-state index contributed by atoms with van der Waals surface area (Å²) in [6, 6.07) is 2.38. The maximum atomic E-state index is 4.77. The van der Waals surface area contributed by atoms with E-state index in [-0.39, 0.29) is 0 Å². The minimum atomic E-state index is 0.978. The van der Waals surface area contributed by atoms with Crippen LogP contribution in [0.3, 0.4) is 0 Å². The summed E-state index contributed by atoms with van der Waals surface area (Å²) >= 11 is 0. The van der Waals surface area contributed by atoms with E-state index in [4.69, 9.17) is 4.98 Å². The van der Waals surface area contributed by atoms with Gasteiger partial charge in [0.1, 0.15) is 0 Å². The first-order valence-electron chi connectivity index (χ1n) is 7.00. The minimum Gasteiger partial charge on any atom is -0.313 e. The van der Waals surface area contributed by atoms with Crippen LogP contribution in [-0.2, 0) is 19.4 Å². The van der Waals surface area contributed by atoms with Gasteiger partial charge >= 0.3 is 0 Å². The second-order valence-corrected chi connectivity index (χ2v) is 5.08. The van der Waals surface area contributed by atoms with Gasteiger partial charge in [0.15, 0.2) is 0 Å². The van der Waals surface area contributed by atoms with Crippen LogP contribution in [0.4, 0.5) is 0 Å². The first-order chi connectivity index (χ1) is 8.31. The van der Waals surface area contributed by atoms with Crippen molar-refractivity contribution < 1.29 is 0 Å². The molecule has 94 valence electrons. The van der Waals surface area contributed by atoms with Gasteiger partial charge < -0.3 is 5.32 Å². The normalized spacial score (nSPS) is 14.7. The quantitative estimate of drug-likeness (QED) is 0.789. The van der Waals surface area contributed by atoms with Crippen molar-refractivity contribution in [2.24, 2.45) is 0 Å². The van der Waals surface area contributed by atoms with Gasteiger partial charge in [-0.1, -0.05) is 19.4 Å². The lowest BCUT2D eigenvalue weighted by molar-refractivity contribution is 0.629. The molecular weight excluding hydrogens is 208 g/mol. The molecule has 2 nitrogen and oxygen atoms in total. The Balaban J connectivity index is 2.01. The van der Waals surface area contributed by atoms with Crippen molar-refractivity contribution in [3.63, 3.8) is 0 Å². The summed E-state index contributed by atoms with van der Waals surface area (Å²) in [5, 5.41) is 3.51. The number of fused-ring (bicyclic) bond motifs is 1. The van der Waals surface area contributed by atoms with Crippen LogP contribution in [0, 0.1) is 6.92 Å². The average Bonchev–Trinajstić information content (AvgIpc) is 2.35. The maximum Gasteiger partial charge on any atom is 0.0438 e. The summed E-state index contributed by atoms with van der Waals surface area (Å²) in [6.07, 6.45) is 7.57. The van der Waals surface area contributed by atoms with Crippen LogP contribution in [0.25, 0.3) is 0 Å². The lowest BCUT2D eigenvalue weighted by Gasteiger charge is -2.17. The van der Waals surface area contributed by atoms with Crippen LogP contribution in [0.2, 0.25) is 0 Å². The molecule has 1 heterocycles. The molecule has 0 saturated heterocycles. The van der Waals surface area contributed by atoms with Crippen molar-refractivity contribution in [2.45, 2.75) is 58.9 Å². The highest BCUT2D eigenvalue weighted by Gasteiger charge is 2.12. The third-order valence-corrected chi connectivity index (χ3v) is 3.62. The number of hydrogen-bond acceptors (Lipinski definition) is 2. The largest absolute Gasteiger partial charge is 0.313 e. The molecule has 1 aliphatic rings. The van der Waals surface area contributed by atoms with E-state index < -0.39 is 0 Å². The minimum absolute atomic E-state index is 0.978. The zero-order chi connectivity index (χ0) is 12.1. The lowest BCUT2D eigenvalue weighted by atomic mass is 9.94. The van der Waals surface area contributed by atoms with Gasteiger partial charge in [-0.3, -0.25) is 4.98 Å². The fourth-order valence-corrected chi connectivity index (χ4v) is 2.49. The molecule has 0 aromatic carbocycles. The summed E-state index contributed by atoms with van der Waals surface area (Å²) in [5.74, 6) is 0. The Morgan fingerprint density at radius 1 is 1.29 bits per heavy atom. The zero-order valence-corrected chi connectivity index (χ0v) is 11.2. The standard InChI is InChI=1S/C15H24N2/c1-3-4-9-16-11-14-10-13-7-5-6-8-15(13)17-12(14)2/h10,16H,3-9,11H2,1-2H3. The molecule has 0 radical (unpaired) electrons. The van der Waals surface area contributed by atoms with Crippen molar-refractivity contribution in [1.29, 1.82) is 0 Å². The molecule has 0 unspecified atom stereocenters. The Morgan fingerprint density at radius 2 is 2.12 bits per heavy atom. The van der Waals surface area contributed by atoms with E-state index in [1.807, 2.05) is 0 Å². The van der Waals surface area contributed by atoms with E-state index in [2.05, 4.69) is 25.2 Å². The highest BCUT2D eigenvalue weighted by Crippen LogP contribution is 2.21. The Labute approximate surface area is 105 Å². The molecule has 17 heavy (non-hydrogen) atoms. The van der Waals surface area contributed by atoms with Gasteiger partial charge in [0.25, 0.3) is 0 Å². The number of unbranched alkanes of at least 4 members (excludes halogenated alkanes) is 1. The first-order valence-corrected chi connectivity index (χ1v) is 7.00. The van der Waals surface area contributed by atoms with Gasteiger partial charge in [0.2, 0.25) is 0 Å². The van der Waals surface area contributed by atoms with Crippen molar-refractivity contribution in [2.75, 3.05) is 6.54 Å². The molecule has 1 aromatic rings. The molecule has 2 heteroatoms. The summed E-state index contributed by atoms with van der Waals surface area (Å²) in [4.78, 5) is 4.77. The predicted octanol–water partition coefficient (Wildman–Crippen LogP) is 3.16. The van der Waals surface area contributed by atoms with Crippen LogP contribution in [0.15, 0.2) is 6.07 Å². The van der Waals surface area contributed by atoms with Crippen LogP contribution in [-0.4, -0.2) is 11.5 Å². The summed E-state index contributed by atoms with van der Waals surface area (Å²) in [7, 11) is 0. The number of aryl methyl sites for hydroxylation is 3. The number of aromatic nitrogens is 1. The van der Waals surface area contributed by atoms with E-state index >= 15 is 0 Å². The van der Waals surface area contributed by atoms with Crippen molar-refractivity contribution in [3.05, 3.63) is 28.6 Å². The fraction of sp³-hybridized carbons (Fsp3) is 0.667. The Kier molecular flexibility index (Phi) is 4.55. The van der Waals surface area contributed by atoms with E-state index in [0.717, 1.165) is 13.1 Å². The molecule has 1 aromatic heterocycles. The van der Waals surface area contributed by atoms with E-state index in [0.29, 0.717) is 0 Å². The third kappa shape index (κ3) is 3.29. The smallest absolute Gasteiger partial charge is 0.0438 e. The Hall–Kier alpha value is -0.890. The number of hydrogen-bond donors (Lipinski definition) is 1. The van der Waals surface area contributed by atoms with Crippen molar-refractivity contribution in [3.8, 4) is 0 Å². The van der Waals surface area contributed by atoms with Gasteiger partial charge in [0.05, 0.1) is 0 Å². The van der Waals surface area contributed by atoms with E-state index in [1.165, 1.54) is 61.0 Å². The highest BCUT2D eigenvalue weighted by atomic mass is 14.9. The van der Waals surface area contributed by atoms with Gasteiger partial charge in [-0.25, -0.2) is 0 Å². The molecule has 0 atom stereocenters. The summed E-state index contributed by atoms with van der Waals surface area (Å²) < 4.78 is 0. The zero-order valence-electron chi connectivity index (χ0n) is 11.2. The lowest BCUT2D eigenvalue weighted by Crippen LogP contribution is -2.17. The topological polar surface area (TPSA) is 24.9 Å². The molecular formula is C15H24N2. The number of pyridine rings is 1. The molecule has 1 aliphatic carbocycles. The van der Waals surface area contributed by atoms with Crippen LogP contribution >= 0.6 is 0 Å². The molecule has 0 aliphatic heterocycles. The van der Waals surface area contributed by atoms with E-state index in [9.17, 15) is 0 Å². The average molecular weight is 232 g/mol. The third-order valence-electron chi connectivity index (χ3n) is 3.62. The number of nitrogens with zero attached hydrogens (tertiary/aromatic N) is 1. The molecule has 0 fully saturated rings. The van der Waals surface area contributed by atoms with Gasteiger partial charge in [-0.05, 0) is 56.7 Å². The first kappa shape index (κ1) is 12.6. The summed E-state index contributed by atoms with van der Waals surface area (Å²) in [6.45, 7) is 6.47. The van der Waals surface area contributed by atoms with Crippen LogP contribution < -0.4 is 5.32 Å².